The van der Waals surface area contributed by atoms with Crippen LogP contribution < -0.4 is 10.6 Å². The van der Waals surface area contributed by atoms with E-state index < -0.39 is 12.0 Å². The van der Waals surface area contributed by atoms with E-state index in [2.05, 4.69) is 10.6 Å². The topological polar surface area (TPSA) is 108 Å². The van der Waals surface area contributed by atoms with E-state index in [4.69, 9.17) is 9.84 Å². The Morgan fingerprint density at radius 1 is 1.35 bits per heavy atom. The van der Waals surface area contributed by atoms with Crippen molar-refractivity contribution >= 4 is 17.7 Å². The van der Waals surface area contributed by atoms with E-state index in [-0.39, 0.29) is 23.1 Å². The lowest BCUT2D eigenvalue weighted by atomic mass is 10.1. The van der Waals surface area contributed by atoms with E-state index in [0.717, 1.165) is 6.07 Å². The molecule has 7 heteroatoms. The number of hydrogen-bond acceptors (Lipinski definition) is 4. The average Bonchev–Trinajstić information content (AvgIpc) is 2.36. The first kappa shape index (κ1) is 15.8. The third-order valence-electron chi connectivity index (χ3n) is 2.32. The molecule has 0 aliphatic rings. The second-order valence-corrected chi connectivity index (χ2v) is 4.34. The van der Waals surface area contributed by atoms with Gasteiger partial charge in [0.1, 0.15) is 5.75 Å². The Morgan fingerprint density at radius 2 is 2.05 bits per heavy atom. The molecule has 0 aliphatic heterocycles. The number of amides is 2. The van der Waals surface area contributed by atoms with Crippen LogP contribution in [0.5, 0.6) is 5.75 Å². The first-order valence-electron chi connectivity index (χ1n) is 6.13. The molecule has 20 heavy (non-hydrogen) atoms. The minimum absolute atomic E-state index is 0.0792. The van der Waals surface area contributed by atoms with Gasteiger partial charge in [0.25, 0.3) is 0 Å². The van der Waals surface area contributed by atoms with Gasteiger partial charge in [-0.15, -0.1) is 0 Å². The summed E-state index contributed by atoms with van der Waals surface area (Å²) in [6.45, 7) is 4.45. The van der Waals surface area contributed by atoms with Crippen molar-refractivity contribution in [2.75, 3.05) is 18.5 Å². The van der Waals surface area contributed by atoms with E-state index in [0.29, 0.717) is 13.2 Å². The largest absolute Gasteiger partial charge is 0.508 e. The zero-order valence-corrected chi connectivity index (χ0v) is 11.3. The lowest BCUT2D eigenvalue weighted by molar-refractivity contribution is 0.0697. The molecule has 0 aromatic heterocycles. The van der Waals surface area contributed by atoms with Gasteiger partial charge in [0, 0.05) is 6.54 Å². The van der Waals surface area contributed by atoms with Crippen LogP contribution >= 0.6 is 0 Å². The summed E-state index contributed by atoms with van der Waals surface area (Å²) in [4.78, 5) is 22.6. The van der Waals surface area contributed by atoms with E-state index in [9.17, 15) is 14.7 Å². The molecule has 0 radical (unpaired) electrons. The molecule has 0 heterocycles. The number of aromatic carboxylic acids is 1. The maximum absolute atomic E-state index is 11.6. The van der Waals surface area contributed by atoms with Crippen molar-refractivity contribution in [2.24, 2.45) is 0 Å². The Morgan fingerprint density at radius 3 is 2.65 bits per heavy atom. The number of anilines is 1. The molecule has 2 amide bonds. The summed E-state index contributed by atoms with van der Waals surface area (Å²) in [6, 6.07) is 3.15. The summed E-state index contributed by atoms with van der Waals surface area (Å²) in [5.41, 5.74) is -0.0730. The van der Waals surface area contributed by atoms with Gasteiger partial charge in [-0.05, 0) is 32.0 Å². The fourth-order valence-corrected chi connectivity index (χ4v) is 1.44. The summed E-state index contributed by atoms with van der Waals surface area (Å²) < 4.78 is 5.25. The zero-order valence-electron chi connectivity index (χ0n) is 11.3. The van der Waals surface area contributed by atoms with Gasteiger partial charge in [-0.3, -0.25) is 0 Å². The number of aromatic hydroxyl groups is 1. The summed E-state index contributed by atoms with van der Waals surface area (Å²) >= 11 is 0. The molecular weight excluding hydrogens is 264 g/mol. The van der Waals surface area contributed by atoms with Crippen LogP contribution in [-0.2, 0) is 4.74 Å². The molecule has 4 N–H and O–H groups in total. The highest BCUT2D eigenvalue weighted by molar-refractivity contribution is 6.00. The zero-order chi connectivity index (χ0) is 15.1. The number of phenols is 1. The Balaban J connectivity index is 2.55. The number of phenolic OH excluding ortho intramolecular Hbond substituents is 1. The number of carboxylic acids is 1. The molecule has 0 aliphatic carbocycles. The Bertz CT molecular complexity index is 488. The van der Waals surface area contributed by atoms with Gasteiger partial charge in [0.2, 0.25) is 0 Å². The number of nitrogens with one attached hydrogen (secondary N) is 2. The number of hydrogen-bond donors (Lipinski definition) is 4. The van der Waals surface area contributed by atoms with Crippen molar-refractivity contribution in [3.05, 3.63) is 23.8 Å². The molecule has 7 nitrogen and oxygen atoms in total. The average molecular weight is 282 g/mol. The predicted molar refractivity (Wildman–Crippen MR) is 73.2 cm³/mol. The second kappa shape index (κ2) is 7.34. The summed E-state index contributed by atoms with van der Waals surface area (Å²) in [6.07, 6.45) is 0.0792. The molecule has 0 atom stereocenters. The number of rotatable bonds is 6. The van der Waals surface area contributed by atoms with Gasteiger partial charge in [0.15, 0.2) is 0 Å². The maximum Gasteiger partial charge on any atom is 0.337 e. The lowest BCUT2D eigenvalue weighted by Gasteiger charge is -2.11. The number of urea groups is 1. The highest BCUT2D eigenvalue weighted by atomic mass is 16.5. The molecule has 1 aromatic rings. The van der Waals surface area contributed by atoms with Gasteiger partial charge in [-0.1, -0.05) is 0 Å². The fraction of sp³-hybridized carbons (Fsp3) is 0.385. The number of carboxylic acid groups (broad SMARTS) is 1. The monoisotopic (exact) mass is 282 g/mol. The van der Waals surface area contributed by atoms with Crippen molar-refractivity contribution in [3.63, 3.8) is 0 Å². The van der Waals surface area contributed by atoms with Crippen LogP contribution in [0, 0.1) is 0 Å². The van der Waals surface area contributed by atoms with E-state index in [1.807, 2.05) is 13.8 Å². The SMILES string of the molecule is CC(C)OCCNC(=O)Nc1ccc(O)cc1C(=O)O. The number of carbonyl (C=O) groups is 2. The van der Waals surface area contributed by atoms with Crippen LogP contribution in [0.25, 0.3) is 0 Å². The summed E-state index contributed by atoms with van der Waals surface area (Å²) in [5.74, 6) is -1.42. The molecule has 110 valence electrons. The van der Waals surface area contributed by atoms with Gasteiger partial charge in [0.05, 0.1) is 24.0 Å². The maximum atomic E-state index is 11.6. The molecule has 0 saturated heterocycles. The number of ether oxygens (including phenoxy) is 1. The van der Waals surface area contributed by atoms with Gasteiger partial charge < -0.3 is 25.6 Å². The highest BCUT2D eigenvalue weighted by Crippen LogP contribution is 2.21. The smallest absolute Gasteiger partial charge is 0.337 e. The van der Waals surface area contributed by atoms with Crippen LogP contribution in [0.1, 0.15) is 24.2 Å². The first-order chi connectivity index (χ1) is 9.40. The second-order valence-electron chi connectivity index (χ2n) is 4.34. The summed E-state index contributed by atoms with van der Waals surface area (Å²) in [5, 5.41) is 23.2. The minimum Gasteiger partial charge on any atom is -0.508 e. The molecule has 1 aromatic carbocycles. The van der Waals surface area contributed by atoms with Crippen LogP contribution in [0.3, 0.4) is 0 Å². The molecule has 1 rings (SSSR count). The predicted octanol–water partition coefficient (Wildman–Crippen LogP) is 1.64. The highest BCUT2D eigenvalue weighted by Gasteiger charge is 2.13. The number of benzene rings is 1. The van der Waals surface area contributed by atoms with Crippen LogP contribution in [0.2, 0.25) is 0 Å². The van der Waals surface area contributed by atoms with Crippen molar-refractivity contribution in [1.82, 2.24) is 5.32 Å². The fourth-order valence-electron chi connectivity index (χ4n) is 1.44. The molecule has 0 unspecified atom stereocenters. The van der Waals surface area contributed by atoms with Gasteiger partial charge in [-0.25, -0.2) is 9.59 Å². The van der Waals surface area contributed by atoms with Crippen LogP contribution in [0.15, 0.2) is 18.2 Å². The standard InChI is InChI=1S/C13H18N2O5/c1-8(2)20-6-5-14-13(19)15-11-4-3-9(16)7-10(11)12(17)18/h3-4,7-8,16H,5-6H2,1-2H3,(H,17,18)(H2,14,15,19). The van der Waals surface area contributed by atoms with E-state index in [1.165, 1.54) is 12.1 Å². The van der Waals surface area contributed by atoms with Crippen molar-refractivity contribution < 1.29 is 24.5 Å². The van der Waals surface area contributed by atoms with Crippen LogP contribution in [0.4, 0.5) is 10.5 Å². The quantitative estimate of drug-likeness (QED) is 0.468. The third kappa shape index (κ3) is 5.15. The van der Waals surface area contributed by atoms with E-state index in [1.54, 1.807) is 0 Å². The van der Waals surface area contributed by atoms with E-state index >= 15 is 0 Å². The first-order valence-corrected chi connectivity index (χ1v) is 6.13. The molecular formula is C13H18N2O5. The molecule has 0 bridgehead atoms. The van der Waals surface area contributed by atoms with Crippen molar-refractivity contribution in [1.29, 1.82) is 0 Å². The third-order valence-corrected chi connectivity index (χ3v) is 2.32. The Hall–Kier alpha value is -2.28. The Kier molecular flexibility index (Phi) is 5.79. The lowest BCUT2D eigenvalue weighted by Crippen LogP contribution is -2.32. The van der Waals surface area contributed by atoms with Crippen molar-refractivity contribution in [3.8, 4) is 5.75 Å². The number of carbonyl (C=O) groups excluding carboxylic acids is 1. The molecule has 0 spiro atoms. The molecule has 0 fully saturated rings. The summed E-state index contributed by atoms with van der Waals surface area (Å²) in [7, 11) is 0. The van der Waals surface area contributed by atoms with Crippen LogP contribution in [-0.4, -0.2) is 41.5 Å². The normalized spacial score (nSPS) is 10.3. The van der Waals surface area contributed by atoms with Gasteiger partial charge in [-0.2, -0.15) is 0 Å². The Labute approximate surface area is 116 Å². The van der Waals surface area contributed by atoms with Gasteiger partial charge >= 0.3 is 12.0 Å². The van der Waals surface area contributed by atoms with Crippen molar-refractivity contribution in [2.45, 2.75) is 20.0 Å². The molecule has 0 saturated carbocycles. The minimum atomic E-state index is -1.24.